The molecule has 0 aliphatic rings. The lowest BCUT2D eigenvalue weighted by Crippen LogP contribution is -1.95. The number of hydrogen-bond donors (Lipinski definition) is 0. The SMILES string of the molecule is C#C[SiH2]C(Cl)Cl. The van der Waals surface area contributed by atoms with E-state index >= 15 is 0 Å². The van der Waals surface area contributed by atoms with Crippen LogP contribution in [0.2, 0.25) is 0 Å². The van der Waals surface area contributed by atoms with Crippen LogP contribution >= 0.6 is 23.2 Å². The standard InChI is InChI=1S/C3H4Cl2Si/c1-2-6-3(4)5/h1,3H,6H2. The van der Waals surface area contributed by atoms with E-state index in [2.05, 4.69) is 5.54 Å². The monoisotopic (exact) mass is 138 g/mol. The Morgan fingerprint density at radius 2 is 2.17 bits per heavy atom. The van der Waals surface area contributed by atoms with Crippen LogP contribution in [0.5, 0.6) is 0 Å². The number of rotatable bonds is 1. The zero-order valence-electron chi connectivity index (χ0n) is 3.12. The van der Waals surface area contributed by atoms with Crippen LogP contribution in [0.25, 0.3) is 0 Å². The molecule has 0 bridgehead atoms. The Kier molecular flexibility index (Phi) is 3.75. The second-order valence-corrected chi connectivity index (χ2v) is 4.74. The van der Waals surface area contributed by atoms with Crippen LogP contribution in [0.1, 0.15) is 0 Å². The minimum Gasteiger partial charge on any atom is -0.140 e. The summed E-state index contributed by atoms with van der Waals surface area (Å²) in [5.74, 6) is 0. The Hall–Kier alpha value is 0.357. The van der Waals surface area contributed by atoms with Gasteiger partial charge >= 0.3 is 0 Å². The van der Waals surface area contributed by atoms with Gasteiger partial charge in [0.15, 0.2) is 0 Å². The Morgan fingerprint density at radius 3 is 2.17 bits per heavy atom. The summed E-state index contributed by atoms with van der Waals surface area (Å²) in [5, 5.41) is 0. The third-order valence-electron chi connectivity index (χ3n) is 0.272. The summed E-state index contributed by atoms with van der Waals surface area (Å²) >= 11 is 10.5. The van der Waals surface area contributed by atoms with E-state index in [0.29, 0.717) is 0 Å². The molecule has 0 saturated heterocycles. The lowest BCUT2D eigenvalue weighted by atomic mass is 11.4. The number of terminal acetylenes is 1. The van der Waals surface area contributed by atoms with Crippen LogP contribution in [0.4, 0.5) is 0 Å². The molecule has 3 heteroatoms. The summed E-state index contributed by atoms with van der Waals surface area (Å²) in [4.78, 5) is 0. The van der Waals surface area contributed by atoms with Crippen LogP contribution in [0.15, 0.2) is 0 Å². The molecule has 0 spiro atoms. The van der Waals surface area contributed by atoms with Crippen LogP contribution in [-0.4, -0.2) is 14.0 Å². The molecule has 0 saturated carbocycles. The zero-order chi connectivity index (χ0) is 4.99. The molecule has 0 radical (unpaired) electrons. The van der Waals surface area contributed by atoms with Crippen LogP contribution in [0, 0.1) is 12.0 Å². The summed E-state index contributed by atoms with van der Waals surface area (Å²) in [5.41, 5.74) is 2.44. The van der Waals surface area contributed by atoms with Crippen molar-refractivity contribution in [2.75, 3.05) is 0 Å². The van der Waals surface area contributed by atoms with Crippen molar-refractivity contribution in [3.05, 3.63) is 0 Å². The highest BCUT2D eigenvalue weighted by Crippen LogP contribution is 1.95. The van der Waals surface area contributed by atoms with Gasteiger partial charge in [0, 0.05) is 0 Å². The summed E-state index contributed by atoms with van der Waals surface area (Å²) in [6.07, 6.45) is 4.87. The van der Waals surface area contributed by atoms with Gasteiger partial charge < -0.3 is 0 Å². The van der Waals surface area contributed by atoms with E-state index in [1.807, 2.05) is 0 Å². The van der Waals surface area contributed by atoms with Gasteiger partial charge in [0.25, 0.3) is 0 Å². The van der Waals surface area contributed by atoms with Crippen LogP contribution in [0.3, 0.4) is 0 Å². The van der Waals surface area contributed by atoms with Crippen molar-refractivity contribution in [2.24, 2.45) is 0 Å². The fraction of sp³-hybridized carbons (Fsp3) is 0.333. The molecule has 0 unspecified atom stereocenters. The average molecular weight is 139 g/mol. The topological polar surface area (TPSA) is 0 Å². The molecule has 0 aromatic heterocycles. The van der Waals surface area contributed by atoms with Gasteiger partial charge in [-0.05, 0) is 0 Å². The molecule has 0 aliphatic carbocycles. The Balaban J connectivity index is 2.88. The van der Waals surface area contributed by atoms with Gasteiger partial charge in [-0.1, -0.05) is 0 Å². The molecule has 0 aromatic rings. The molecule has 0 fully saturated rings. The third-order valence-corrected chi connectivity index (χ3v) is 1.74. The van der Waals surface area contributed by atoms with E-state index in [1.54, 1.807) is 0 Å². The Bertz CT molecular complexity index is 63.7. The molecule has 6 heavy (non-hydrogen) atoms. The van der Waals surface area contributed by atoms with Crippen molar-refractivity contribution < 1.29 is 0 Å². The second kappa shape index (κ2) is 3.54. The predicted molar refractivity (Wildman–Crippen MR) is 32.9 cm³/mol. The van der Waals surface area contributed by atoms with E-state index in [9.17, 15) is 0 Å². The van der Waals surface area contributed by atoms with E-state index in [0.717, 1.165) is 0 Å². The number of halogens is 2. The van der Waals surface area contributed by atoms with Gasteiger partial charge in [0.1, 0.15) is 14.0 Å². The smallest absolute Gasteiger partial charge is 0.140 e. The fourth-order valence-electron chi connectivity index (χ4n) is 0.0891. The van der Waals surface area contributed by atoms with Crippen molar-refractivity contribution in [1.82, 2.24) is 0 Å². The van der Waals surface area contributed by atoms with E-state index in [-0.39, 0.29) is 4.46 Å². The molecule has 0 aliphatic heterocycles. The van der Waals surface area contributed by atoms with Crippen LogP contribution in [-0.2, 0) is 0 Å². The number of hydrogen-bond acceptors (Lipinski definition) is 0. The molecule has 0 heterocycles. The highest BCUT2D eigenvalue weighted by Gasteiger charge is 1.91. The average Bonchev–Trinajstić information content (AvgIpc) is 1.35. The third kappa shape index (κ3) is 4.36. The molecule has 0 nitrogen and oxygen atoms in total. The molecular formula is C3H4Cl2Si. The molecule has 0 amide bonds. The van der Waals surface area contributed by atoms with Crippen LogP contribution < -0.4 is 0 Å². The zero-order valence-corrected chi connectivity index (χ0v) is 6.04. The highest BCUT2D eigenvalue weighted by molar-refractivity contribution is 6.72. The molecule has 0 aromatic carbocycles. The quantitative estimate of drug-likeness (QED) is 0.282. The first-order valence-corrected chi connectivity index (χ1v) is 3.88. The minimum absolute atomic E-state index is 0.255. The largest absolute Gasteiger partial charge is 0.144 e. The summed E-state index contributed by atoms with van der Waals surface area (Å²) in [6.45, 7) is 0. The first-order chi connectivity index (χ1) is 2.77. The lowest BCUT2D eigenvalue weighted by Gasteiger charge is -1.83. The van der Waals surface area contributed by atoms with Gasteiger partial charge in [-0.15, -0.1) is 35.2 Å². The highest BCUT2D eigenvalue weighted by atomic mass is 35.5. The van der Waals surface area contributed by atoms with E-state index < -0.39 is 9.52 Å². The van der Waals surface area contributed by atoms with Gasteiger partial charge in [0.05, 0.1) is 0 Å². The summed E-state index contributed by atoms with van der Waals surface area (Å²) in [6, 6.07) is 0. The normalized spacial score (nSPS) is 10.3. The van der Waals surface area contributed by atoms with Gasteiger partial charge in [-0.3, -0.25) is 0 Å². The molecule has 0 rings (SSSR count). The Morgan fingerprint density at radius 1 is 1.67 bits per heavy atom. The van der Waals surface area contributed by atoms with E-state index in [4.69, 9.17) is 29.6 Å². The molecule has 0 atom stereocenters. The molecule has 0 N–H and O–H groups in total. The van der Waals surface area contributed by atoms with Crippen molar-refractivity contribution in [2.45, 2.75) is 4.46 Å². The number of alkyl halides is 2. The maximum absolute atomic E-state index is 5.26. The van der Waals surface area contributed by atoms with Crippen molar-refractivity contribution in [3.8, 4) is 12.0 Å². The molecule has 34 valence electrons. The fourth-order valence-corrected chi connectivity index (χ4v) is 0.802. The van der Waals surface area contributed by atoms with Crippen molar-refractivity contribution >= 4 is 32.7 Å². The minimum atomic E-state index is -0.585. The van der Waals surface area contributed by atoms with Gasteiger partial charge in [-0.2, -0.15) is 0 Å². The first kappa shape index (κ1) is 6.36. The van der Waals surface area contributed by atoms with Crippen molar-refractivity contribution in [3.63, 3.8) is 0 Å². The summed E-state index contributed by atoms with van der Waals surface area (Å²) < 4.78 is -0.255. The maximum atomic E-state index is 5.26. The van der Waals surface area contributed by atoms with E-state index in [1.165, 1.54) is 0 Å². The Labute approximate surface area is 49.6 Å². The van der Waals surface area contributed by atoms with Crippen molar-refractivity contribution in [1.29, 1.82) is 0 Å². The first-order valence-electron chi connectivity index (χ1n) is 1.49. The predicted octanol–water partition coefficient (Wildman–Crippen LogP) is 0.507. The second-order valence-electron chi connectivity index (χ2n) is 0.799. The lowest BCUT2D eigenvalue weighted by molar-refractivity contribution is 1.92. The molecular weight excluding hydrogens is 135 g/mol. The maximum Gasteiger partial charge on any atom is 0.144 e. The summed E-state index contributed by atoms with van der Waals surface area (Å²) in [7, 11) is -0.585. The van der Waals surface area contributed by atoms with Gasteiger partial charge in [-0.25, -0.2) is 0 Å². The van der Waals surface area contributed by atoms with Gasteiger partial charge in [0.2, 0.25) is 0 Å².